The van der Waals surface area contributed by atoms with Gasteiger partial charge < -0.3 is 0 Å². The number of fused-ring (bicyclic) bond motifs is 1. The van der Waals surface area contributed by atoms with Crippen molar-refractivity contribution in [2.45, 2.75) is 86.5 Å². The summed E-state index contributed by atoms with van der Waals surface area (Å²) in [5.74, 6) is 5.24. The molecule has 0 radical (unpaired) electrons. The van der Waals surface area contributed by atoms with Gasteiger partial charge in [0.1, 0.15) is 0 Å². The van der Waals surface area contributed by atoms with Gasteiger partial charge in [0.2, 0.25) is 0 Å². The van der Waals surface area contributed by atoms with Crippen LogP contribution in [0.5, 0.6) is 0 Å². The van der Waals surface area contributed by atoms with Crippen LogP contribution in [0.15, 0.2) is 23.3 Å². The van der Waals surface area contributed by atoms with E-state index in [1.54, 1.807) is 11.1 Å². The predicted molar refractivity (Wildman–Crippen MR) is 106 cm³/mol. The van der Waals surface area contributed by atoms with Crippen molar-refractivity contribution >= 4 is 0 Å². The molecule has 0 amide bonds. The summed E-state index contributed by atoms with van der Waals surface area (Å²) in [5, 5.41) is 0. The molecule has 3 fully saturated rings. The molecule has 0 heterocycles. The highest BCUT2D eigenvalue weighted by Gasteiger charge is 2.49. The molecule has 0 heteroatoms. The van der Waals surface area contributed by atoms with Crippen molar-refractivity contribution in [2.75, 3.05) is 0 Å². The average Bonchev–Trinajstić information content (AvgIpc) is 2.88. The summed E-state index contributed by atoms with van der Waals surface area (Å²) < 4.78 is 0. The highest BCUT2D eigenvalue weighted by Crippen LogP contribution is 2.59. The third-order valence-corrected chi connectivity index (χ3v) is 8.34. The Labute approximate surface area is 151 Å². The molecule has 3 rings (SSSR count). The van der Waals surface area contributed by atoms with Crippen LogP contribution in [0.3, 0.4) is 0 Å². The van der Waals surface area contributed by atoms with E-state index in [0.717, 1.165) is 35.5 Å². The summed E-state index contributed by atoms with van der Waals surface area (Å²) in [6.45, 7) is 14.9. The van der Waals surface area contributed by atoms with E-state index in [1.165, 1.54) is 44.9 Å². The second-order valence-electron chi connectivity index (χ2n) is 10.1. The number of rotatable bonds is 2. The van der Waals surface area contributed by atoms with Crippen molar-refractivity contribution in [1.29, 1.82) is 0 Å². The van der Waals surface area contributed by atoms with Crippen LogP contribution in [-0.2, 0) is 0 Å². The van der Waals surface area contributed by atoms with E-state index in [1.807, 2.05) is 0 Å². The predicted octanol–water partition coefficient (Wildman–Crippen LogP) is 7.41. The highest BCUT2D eigenvalue weighted by atomic mass is 14.5. The molecule has 3 saturated carbocycles. The van der Waals surface area contributed by atoms with E-state index in [4.69, 9.17) is 0 Å². The summed E-state index contributed by atoms with van der Waals surface area (Å²) in [6.07, 6.45) is 14.9. The van der Waals surface area contributed by atoms with E-state index in [-0.39, 0.29) is 0 Å². The van der Waals surface area contributed by atoms with Gasteiger partial charge in [0.25, 0.3) is 0 Å². The lowest BCUT2D eigenvalue weighted by Crippen LogP contribution is -2.35. The Hall–Kier alpha value is -0.520. The monoisotopic (exact) mass is 328 g/mol. The second kappa shape index (κ2) is 7.00. The van der Waals surface area contributed by atoms with Crippen LogP contribution >= 0.6 is 0 Å². The molecule has 24 heavy (non-hydrogen) atoms. The van der Waals surface area contributed by atoms with Gasteiger partial charge >= 0.3 is 0 Å². The molecule has 0 spiro atoms. The molecule has 0 N–H and O–H groups in total. The van der Waals surface area contributed by atoms with Crippen LogP contribution < -0.4 is 0 Å². The van der Waals surface area contributed by atoms with Crippen LogP contribution in [0.2, 0.25) is 0 Å². The summed E-state index contributed by atoms with van der Waals surface area (Å²) in [7, 11) is 0. The Balaban J connectivity index is 1.77. The SMILES string of the molecule is CC1[C@H](C)CC(=C/C=C2\CCC[C@]3(C)[C@@H](C(C)C)CC[C@@H]23)C[C@H]1C. The fourth-order valence-electron chi connectivity index (χ4n) is 6.58. The first-order valence-electron chi connectivity index (χ1n) is 10.7. The average molecular weight is 329 g/mol. The smallest absolute Gasteiger partial charge is 0.0143 e. The summed E-state index contributed by atoms with van der Waals surface area (Å²) >= 11 is 0. The molecule has 0 nitrogen and oxygen atoms in total. The molecular formula is C24H40. The molecule has 0 aromatic rings. The van der Waals surface area contributed by atoms with Gasteiger partial charge in [-0.25, -0.2) is 0 Å². The first kappa shape index (κ1) is 18.3. The molecule has 5 atom stereocenters. The quantitative estimate of drug-likeness (QED) is 0.495. The van der Waals surface area contributed by atoms with Crippen LogP contribution in [0.4, 0.5) is 0 Å². The Kier molecular flexibility index (Phi) is 5.33. The first-order valence-corrected chi connectivity index (χ1v) is 10.7. The summed E-state index contributed by atoms with van der Waals surface area (Å²) in [5.41, 5.74) is 4.09. The minimum atomic E-state index is 0.582. The van der Waals surface area contributed by atoms with Crippen molar-refractivity contribution in [3.05, 3.63) is 23.3 Å². The number of allylic oxidation sites excluding steroid dienone is 4. The van der Waals surface area contributed by atoms with Gasteiger partial charge in [0.15, 0.2) is 0 Å². The van der Waals surface area contributed by atoms with Crippen molar-refractivity contribution in [3.8, 4) is 0 Å². The largest absolute Gasteiger partial charge is 0.0697 e. The van der Waals surface area contributed by atoms with Crippen LogP contribution in [0.1, 0.15) is 86.5 Å². The van der Waals surface area contributed by atoms with E-state index < -0.39 is 0 Å². The third kappa shape index (κ3) is 3.27. The van der Waals surface area contributed by atoms with Gasteiger partial charge in [-0.15, -0.1) is 0 Å². The van der Waals surface area contributed by atoms with E-state index in [0.29, 0.717) is 5.41 Å². The fraction of sp³-hybridized carbons (Fsp3) is 0.833. The summed E-state index contributed by atoms with van der Waals surface area (Å²) in [4.78, 5) is 0. The lowest BCUT2D eigenvalue weighted by atomic mass is 9.61. The van der Waals surface area contributed by atoms with Crippen LogP contribution in [-0.4, -0.2) is 0 Å². The second-order valence-corrected chi connectivity index (χ2v) is 10.1. The van der Waals surface area contributed by atoms with E-state index in [9.17, 15) is 0 Å². The first-order chi connectivity index (χ1) is 11.3. The minimum Gasteiger partial charge on any atom is -0.0697 e. The van der Waals surface area contributed by atoms with Gasteiger partial charge in [-0.2, -0.15) is 0 Å². The zero-order valence-corrected chi connectivity index (χ0v) is 17.1. The fourth-order valence-corrected chi connectivity index (χ4v) is 6.58. The molecule has 3 aliphatic rings. The minimum absolute atomic E-state index is 0.582. The van der Waals surface area contributed by atoms with Gasteiger partial charge in [-0.1, -0.05) is 64.8 Å². The normalized spacial score (nSPS) is 44.9. The summed E-state index contributed by atoms with van der Waals surface area (Å²) in [6, 6.07) is 0. The number of hydrogen-bond acceptors (Lipinski definition) is 0. The van der Waals surface area contributed by atoms with Gasteiger partial charge in [0, 0.05) is 0 Å². The molecule has 0 saturated heterocycles. The molecule has 0 aromatic heterocycles. The van der Waals surface area contributed by atoms with E-state index >= 15 is 0 Å². The zero-order chi connectivity index (χ0) is 17.5. The molecule has 3 aliphatic carbocycles. The maximum atomic E-state index is 2.61. The van der Waals surface area contributed by atoms with E-state index in [2.05, 4.69) is 53.7 Å². The topological polar surface area (TPSA) is 0 Å². The molecule has 0 aromatic carbocycles. The van der Waals surface area contributed by atoms with Crippen LogP contribution in [0, 0.1) is 40.9 Å². The van der Waals surface area contributed by atoms with Gasteiger partial charge in [0.05, 0.1) is 0 Å². The third-order valence-electron chi connectivity index (χ3n) is 8.34. The molecule has 0 unspecified atom stereocenters. The Morgan fingerprint density at radius 3 is 2.29 bits per heavy atom. The number of hydrogen-bond donors (Lipinski definition) is 0. The molecule has 136 valence electrons. The Morgan fingerprint density at radius 2 is 1.67 bits per heavy atom. The Morgan fingerprint density at radius 1 is 1.00 bits per heavy atom. The van der Waals surface area contributed by atoms with Crippen LogP contribution in [0.25, 0.3) is 0 Å². The van der Waals surface area contributed by atoms with Gasteiger partial charge in [-0.05, 0) is 85.9 Å². The van der Waals surface area contributed by atoms with Gasteiger partial charge in [-0.3, -0.25) is 0 Å². The van der Waals surface area contributed by atoms with Crippen molar-refractivity contribution < 1.29 is 0 Å². The Bertz CT molecular complexity index is 494. The standard InChI is InChI=1S/C24H40/c1-16(2)22-11-12-23-21(8-7-13-24(22,23)6)10-9-20-14-17(3)19(5)18(4)15-20/h9-10,16-19,22-23H,7-8,11-15H2,1-6H3/b20-9?,21-10+/t17-,18-,19?,22-,23+,24-/m1/s1. The maximum Gasteiger partial charge on any atom is -0.0143 e. The highest BCUT2D eigenvalue weighted by molar-refractivity contribution is 5.26. The zero-order valence-electron chi connectivity index (χ0n) is 17.1. The van der Waals surface area contributed by atoms with Crippen molar-refractivity contribution in [3.63, 3.8) is 0 Å². The van der Waals surface area contributed by atoms with Crippen molar-refractivity contribution in [2.24, 2.45) is 40.9 Å². The molecular weight excluding hydrogens is 288 g/mol. The maximum absolute atomic E-state index is 2.61. The molecule has 0 bridgehead atoms. The van der Waals surface area contributed by atoms with Crippen molar-refractivity contribution in [1.82, 2.24) is 0 Å². The lowest BCUT2D eigenvalue weighted by Gasteiger charge is -2.44. The molecule has 0 aliphatic heterocycles. The lowest BCUT2D eigenvalue weighted by molar-refractivity contribution is 0.104.